The van der Waals surface area contributed by atoms with Crippen LogP contribution in [-0.2, 0) is 25.6 Å². The molecule has 11 nitrogen and oxygen atoms in total. The Balaban J connectivity index is 1.78. The van der Waals surface area contributed by atoms with Gasteiger partial charge in [0, 0.05) is 50.2 Å². The van der Waals surface area contributed by atoms with Crippen LogP contribution in [0.15, 0.2) is 6.07 Å². The van der Waals surface area contributed by atoms with Gasteiger partial charge in [-0.15, -0.1) is 0 Å². The Labute approximate surface area is 240 Å². The average molecular weight is 571 g/mol. The second-order valence-electron chi connectivity index (χ2n) is 13.4. The van der Waals surface area contributed by atoms with Gasteiger partial charge in [-0.1, -0.05) is 13.8 Å². The van der Waals surface area contributed by atoms with Gasteiger partial charge in [0.05, 0.1) is 17.2 Å². The van der Waals surface area contributed by atoms with Crippen LogP contribution in [0.25, 0.3) is 0 Å². The van der Waals surface area contributed by atoms with Crippen LogP contribution >= 0.6 is 0 Å². The van der Waals surface area contributed by atoms with Crippen molar-refractivity contribution in [2.75, 3.05) is 30.9 Å². The molecule has 3 aliphatic rings. The maximum absolute atomic E-state index is 14.1. The Kier molecular flexibility index (Phi) is 7.85. The monoisotopic (exact) mass is 570 g/mol. The SMILES string of the molecule is CC(C)C(CNC(C)(C)C)Nc1cc(N(C)C)c2c(c1O)C(=O)C1C(=O)[C@]3(O)C(=O)C(C(N)=O)C(=O)C[C@@H]3C[C@@H]1C2. The van der Waals surface area contributed by atoms with E-state index in [0.29, 0.717) is 23.5 Å². The molecule has 1 amide bonds. The highest BCUT2D eigenvalue weighted by atomic mass is 16.3. The molecule has 3 unspecified atom stereocenters. The Morgan fingerprint density at radius 3 is 2.32 bits per heavy atom. The van der Waals surface area contributed by atoms with Gasteiger partial charge in [-0.2, -0.15) is 0 Å². The highest BCUT2D eigenvalue weighted by molar-refractivity contribution is 6.31. The molecule has 0 aliphatic heterocycles. The molecule has 3 aliphatic carbocycles. The summed E-state index contributed by atoms with van der Waals surface area (Å²) in [5.74, 6) is -10.0. The zero-order chi connectivity index (χ0) is 30.8. The van der Waals surface area contributed by atoms with E-state index < -0.39 is 58.3 Å². The summed E-state index contributed by atoms with van der Waals surface area (Å²) in [5, 5.41) is 29.8. The normalized spacial score (nSPS) is 28.6. The van der Waals surface area contributed by atoms with Crippen molar-refractivity contribution in [3.05, 3.63) is 17.2 Å². The van der Waals surface area contributed by atoms with Crippen molar-refractivity contribution < 1.29 is 34.2 Å². The number of nitrogens with two attached hydrogens (primary N) is 1. The number of phenols is 1. The molecule has 4 rings (SSSR count). The van der Waals surface area contributed by atoms with Crippen molar-refractivity contribution in [1.82, 2.24) is 5.32 Å². The molecule has 6 atom stereocenters. The van der Waals surface area contributed by atoms with Gasteiger partial charge in [0.15, 0.2) is 34.7 Å². The second kappa shape index (κ2) is 10.5. The topological polar surface area (TPSA) is 179 Å². The van der Waals surface area contributed by atoms with E-state index in [2.05, 4.69) is 31.4 Å². The van der Waals surface area contributed by atoms with Gasteiger partial charge in [0.2, 0.25) is 5.91 Å². The number of amides is 1. The Bertz CT molecular complexity index is 1310. The van der Waals surface area contributed by atoms with Gasteiger partial charge in [-0.3, -0.25) is 24.0 Å². The van der Waals surface area contributed by atoms with E-state index >= 15 is 0 Å². The van der Waals surface area contributed by atoms with Crippen LogP contribution in [0.3, 0.4) is 0 Å². The quantitative estimate of drug-likeness (QED) is 0.236. The zero-order valence-electron chi connectivity index (χ0n) is 24.8. The third-order valence-corrected chi connectivity index (χ3v) is 8.86. The molecule has 2 saturated carbocycles. The van der Waals surface area contributed by atoms with Crippen molar-refractivity contribution in [1.29, 1.82) is 0 Å². The molecule has 0 bridgehead atoms. The van der Waals surface area contributed by atoms with Crippen LogP contribution < -0.4 is 21.3 Å². The average Bonchev–Trinajstić information content (AvgIpc) is 2.83. The van der Waals surface area contributed by atoms with Crippen molar-refractivity contribution in [3.63, 3.8) is 0 Å². The van der Waals surface area contributed by atoms with E-state index in [4.69, 9.17) is 5.73 Å². The lowest BCUT2D eigenvalue weighted by Crippen LogP contribution is -2.68. The molecule has 0 saturated heterocycles. The van der Waals surface area contributed by atoms with Crippen LogP contribution in [0.5, 0.6) is 5.75 Å². The summed E-state index contributed by atoms with van der Waals surface area (Å²) >= 11 is 0. The first-order chi connectivity index (χ1) is 18.9. The fraction of sp³-hybridized carbons (Fsp3) is 0.633. The fourth-order valence-corrected chi connectivity index (χ4v) is 6.59. The number of carbonyl (C=O) groups excluding carboxylic acids is 5. The molecule has 0 radical (unpaired) electrons. The number of hydrogen-bond acceptors (Lipinski definition) is 10. The Hall–Kier alpha value is -3.31. The van der Waals surface area contributed by atoms with Gasteiger partial charge in [0.1, 0.15) is 5.75 Å². The standard InChI is InChI=1S/C30H42N4O7/c1-13(2)18(12-32-29(3,4)5)33-17-11-19(34(6)7)16-9-14-8-15-10-20(35)23(28(31)40)27(39)30(15,41)26(38)21(14)25(37)22(16)24(17)36/h11,13-15,18,21,23,32-33,36,41H,8-10,12H2,1-7H3,(H2,31,40)/t14-,15+,18?,21?,23?,30+/m1/s1. The minimum Gasteiger partial charge on any atom is -0.505 e. The number of primary amides is 1. The zero-order valence-corrected chi connectivity index (χ0v) is 24.8. The predicted molar refractivity (Wildman–Crippen MR) is 153 cm³/mol. The van der Waals surface area contributed by atoms with Gasteiger partial charge < -0.3 is 31.5 Å². The van der Waals surface area contributed by atoms with Crippen molar-refractivity contribution in [2.24, 2.45) is 35.3 Å². The molecule has 2 fully saturated rings. The van der Waals surface area contributed by atoms with E-state index in [1.807, 2.05) is 32.8 Å². The van der Waals surface area contributed by atoms with E-state index in [1.54, 1.807) is 6.07 Å². The van der Waals surface area contributed by atoms with Crippen LogP contribution in [0.2, 0.25) is 0 Å². The number of fused-ring (bicyclic) bond motifs is 3. The minimum absolute atomic E-state index is 0.0209. The number of hydrogen-bond donors (Lipinski definition) is 5. The molecule has 0 spiro atoms. The third kappa shape index (κ3) is 5.14. The lowest BCUT2D eigenvalue weighted by atomic mass is 9.53. The number of aromatic hydroxyl groups is 1. The molecule has 224 valence electrons. The lowest BCUT2D eigenvalue weighted by Gasteiger charge is -2.48. The van der Waals surface area contributed by atoms with Gasteiger partial charge >= 0.3 is 0 Å². The number of anilines is 2. The molecule has 1 aromatic rings. The summed E-state index contributed by atoms with van der Waals surface area (Å²) in [7, 11) is 3.64. The first kappa shape index (κ1) is 30.6. The number of ketones is 4. The number of carbonyl (C=O) groups is 5. The van der Waals surface area contributed by atoms with E-state index in [1.165, 1.54) is 0 Å². The maximum Gasteiger partial charge on any atom is 0.235 e. The van der Waals surface area contributed by atoms with Crippen molar-refractivity contribution >= 4 is 40.4 Å². The van der Waals surface area contributed by atoms with E-state index in [9.17, 15) is 34.2 Å². The molecular weight excluding hydrogens is 528 g/mol. The van der Waals surface area contributed by atoms with Gasteiger partial charge in [-0.25, -0.2) is 0 Å². The summed E-state index contributed by atoms with van der Waals surface area (Å²) in [4.78, 5) is 67.3. The van der Waals surface area contributed by atoms with Crippen molar-refractivity contribution in [2.45, 2.75) is 71.1 Å². The first-order valence-electron chi connectivity index (χ1n) is 14.1. The molecular formula is C30H42N4O7. The largest absolute Gasteiger partial charge is 0.505 e. The van der Waals surface area contributed by atoms with E-state index in [0.717, 1.165) is 0 Å². The summed E-state index contributed by atoms with van der Waals surface area (Å²) < 4.78 is 0. The molecule has 1 aromatic carbocycles. The molecule has 6 N–H and O–H groups in total. The lowest BCUT2D eigenvalue weighted by molar-refractivity contribution is -0.175. The van der Waals surface area contributed by atoms with Crippen LogP contribution in [0.1, 0.15) is 63.4 Å². The summed E-state index contributed by atoms with van der Waals surface area (Å²) in [5.41, 5.74) is 4.03. The molecule has 11 heteroatoms. The number of phenolic OH excluding ortho intramolecular Hbond substituents is 1. The second-order valence-corrected chi connectivity index (χ2v) is 13.4. The van der Waals surface area contributed by atoms with Crippen LogP contribution in [0, 0.1) is 29.6 Å². The minimum atomic E-state index is -2.67. The van der Waals surface area contributed by atoms with Gasteiger partial charge in [-0.05, 0) is 57.1 Å². The van der Waals surface area contributed by atoms with Crippen LogP contribution in [0.4, 0.5) is 11.4 Å². The number of aliphatic hydroxyl groups is 1. The first-order valence-corrected chi connectivity index (χ1v) is 14.1. The smallest absolute Gasteiger partial charge is 0.235 e. The summed E-state index contributed by atoms with van der Waals surface area (Å²) in [6, 6.07) is 1.68. The Morgan fingerprint density at radius 1 is 1.15 bits per heavy atom. The number of nitrogens with zero attached hydrogens (tertiary/aromatic N) is 1. The van der Waals surface area contributed by atoms with Crippen LogP contribution in [-0.4, -0.2) is 77.1 Å². The Morgan fingerprint density at radius 2 is 1.78 bits per heavy atom. The number of nitrogens with one attached hydrogen (secondary N) is 2. The number of rotatable bonds is 7. The summed E-state index contributed by atoms with van der Waals surface area (Å²) in [6.07, 6.45) is -0.0749. The van der Waals surface area contributed by atoms with Gasteiger partial charge in [0.25, 0.3) is 0 Å². The highest BCUT2D eigenvalue weighted by Gasteiger charge is 2.66. The number of Topliss-reactive ketones (excluding diaryl/α,β-unsaturated/α-hetero) is 4. The van der Waals surface area contributed by atoms with E-state index in [-0.39, 0.29) is 48.1 Å². The van der Waals surface area contributed by atoms with Crippen molar-refractivity contribution in [3.8, 4) is 5.75 Å². The fourth-order valence-electron chi connectivity index (χ4n) is 6.59. The summed E-state index contributed by atoms with van der Waals surface area (Å²) in [6.45, 7) is 10.8. The molecule has 41 heavy (non-hydrogen) atoms. The molecule has 0 heterocycles. The third-order valence-electron chi connectivity index (χ3n) is 8.86. The molecule has 0 aromatic heterocycles. The maximum atomic E-state index is 14.1. The number of benzene rings is 1. The predicted octanol–water partition coefficient (Wildman–Crippen LogP) is 1.22. The highest BCUT2D eigenvalue weighted by Crippen LogP contribution is 2.52.